The maximum Gasteiger partial charge on any atom is 0.393 e. The van der Waals surface area contributed by atoms with Gasteiger partial charge in [-0.25, -0.2) is 0 Å². The minimum atomic E-state index is -4.07. The third kappa shape index (κ3) is 3.34. The molecule has 2 heterocycles. The maximum absolute atomic E-state index is 12.7. The molecule has 5 heteroatoms. The molecule has 3 rings (SSSR count). The van der Waals surface area contributed by atoms with E-state index in [1.807, 2.05) is 18.2 Å². The van der Waals surface area contributed by atoms with E-state index < -0.39 is 12.1 Å². The number of piperidine rings is 1. The van der Waals surface area contributed by atoms with E-state index in [1.165, 1.54) is 5.56 Å². The fourth-order valence-electron chi connectivity index (χ4n) is 3.40. The van der Waals surface area contributed by atoms with E-state index in [4.69, 9.17) is 4.74 Å². The maximum atomic E-state index is 12.7. The van der Waals surface area contributed by atoms with Gasteiger partial charge in [0.05, 0.1) is 12.5 Å². The van der Waals surface area contributed by atoms with Crippen LogP contribution in [0.1, 0.15) is 37.2 Å². The quantitative estimate of drug-likeness (QED) is 0.895. The van der Waals surface area contributed by atoms with Crippen molar-refractivity contribution < 1.29 is 17.9 Å². The summed E-state index contributed by atoms with van der Waals surface area (Å²) in [4.78, 5) is 0. The van der Waals surface area contributed by atoms with Crippen LogP contribution < -0.4 is 10.1 Å². The predicted molar refractivity (Wildman–Crippen MR) is 74.5 cm³/mol. The molecule has 21 heavy (non-hydrogen) atoms. The Bertz CT molecular complexity index is 481. The molecule has 3 atom stereocenters. The number of alkyl halides is 3. The second kappa shape index (κ2) is 5.87. The van der Waals surface area contributed by atoms with Crippen molar-refractivity contribution >= 4 is 0 Å². The Labute approximate surface area is 122 Å². The highest BCUT2D eigenvalue weighted by molar-refractivity contribution is 5.37. The summed E-state index contributed by atoms with van der Waals surface area (Å²) >= 11 is 0. The average Bonchev–Trinajstić information content (AvgIpc) is 2.47. The molecule has 1 N–H and O–H groups in total. The largest absolute Gasteiger partial charge is 0.493 e. The lowest BCUT2D eigenvalue weighted by Crippen LogP contribution is -2.44. The van der Waals surface area contributed by atoms with Crippen molar-refractivity contribution in [2.75, 3.05) is 13.2 Å². The van der Waals surface area contributed by atoms with Crippen molar-refractivity contribution in [1.82, 2.24) is 5.32 Å². The zero-order valence-electron chi connectivity index (χ0n) is 11.8. The number of hydrogen-bond acceptors (Lipinski definition) is 2. The van der Waals surface area contributed by atoms with Gasteiger partial charge in [-0.1, -0.05) is 18.2 Å². The lowest BCUT2D eigenvalue weighted by Gasteiger charge is -2.34. The highest BCUT2D eigenvalue weighted by Gasteiger charge is 2.41. The summed E-state index contributed by atoms with van der Waals surface area (Å²) in [5.41, 5.74) is 1.20. The number of ether oxygens (including phenoxy) is 1. The summed E-state index contributed by atoms with van der Waals surface area (Å²) in [6.45, 7) is 0.749. The molecule has 3 unspecified atom stereocenters. The molecule has 0 spiro atoms. The van der Waals surface area contributed by atoms with Gasteiger partial charge in [-0.2, -0.15) is 13.2 Å². The zero-order chi connectivity index (χ0) is 14.9. The van der Waals surface area contributed by atoms with Crippen LogP contribution in [0.15, 0.2) is 24.3 Å². The number of halogens is 3. The first kappa shape index (κ1) is 14.7. The van der Waals surface area contributed by atoms with E-state index in [2.05, 4.69) is 11.4 Å². The second-order valence-corrected chi connectivity index (χ2v) is 6.03. The Kier molecular flexibility index (Phi) is 4.11. The van der Waals surface area contributed by atoms with Gasteiger partial charge in [0.2, 0.25) is 0 Å². The van der Waals surface area contributed by atoms with Crippen molar-refractivity contribution in [3.05, 3.63) is 29.8 Å². The highest BCUT2D eigenvalue weighted by Crippen LogP contribution is 2.38. The lowest BCUT2D eigenvalue weighted by atomic mass is 9.83. The molecule has 0 saturated carbocycles. The molecule has 0 radical (unpaired) electrons. The van der Waals surface area contributed by atoms with Gasteiger partial charge in [-0.05, 0) is 43.2 Å². The van der Waals surface area contributed by atoms with E-state index in [9.17, 15) is 13.2 Å². The van der Waals surface area contributed by atoms with E-state index in [1.54, 1.807) is 0 Å². The molecule has 2 nitrogen and oxygen atoms in total. The summed E-state index contributed by atoms with van der Waals surface area (Å²) in [5, 5.41) is 3.09. The molecule has 116 valence electrons. The SMILES string of the molecule is FC(F)(F)C1CCC(CC2CCOc3ccccc32)NC1. The topological polar surface area (TPSA) is 21.3 Å². The predicted octanol–water partition coefficient (Wildman–Crippen LogP) is 3.87. The van der Waals surface area contributed by atoms with Gasteiger partial charge in [0, 0.05) is 12.6 Å². The Morgan fingerprint density at radius 2 is 1.95 bits per heavy atom. The fourth-order valence-corrected chi connectivity index (χ4v) is 3.40. The van der Waals surface area contributed by atoms with Gasteiger partial charge >= 0.3 is 6.18 Å². The number of hydrogen-bond donors (Lipinski definition) is 1. The van der Waals surface area contributed by atoms with Crippen LogP contribution in [0.25, 0.3) is 0 Å². The van der Waals surface area contributed by atoms with Gasteiger partial charge in [-0.3, -0.25) is 0 Å². The molecule has 1 fully saturated rings. The van der Waals surface area contributed by atoms with E-state index in [-0.39, 0.29) is 19.0 Å². The van der Waals surface area contributed by atoms with Crippen LogP contribution in [-0.4, -0.2) is 25.4 Å². The van der Waals surface area contributed by atoms with Gasteiger partial charge in [-0.15, -0.1) is 0 Å². The molecule has 0 bridgehead atoms. The summed E-state index contributed by atoms with van der Waals surface area (Å²) < 4.78 is 43.6. The van der Waals surface area contributed by atoms with Crippen LogP contribution in [0.3, 0.4) is 0 Å². The standard InChI is InChI=1S/C16H20F3NO/c17-16(18,19)12-5-6-13(20-10-12)9-11-7-8-21-15-4-2-1-3-14(11)15/h1-4,11-13,20H,5-10H2. The minimum Gasteiger partial charge on any atom is -0.493 e. The normalized spacial score (nSPS) is 29.6. The van der Waals surface area contributed by atoms with Gasteiger partial charge in [0.1, 0.15) is 5.75 Å². The Morgan fingerprint density at radius 3 is 2.67 bits per heavy atom. The summed E-state index contributed by atoms with van der Waals surface area (Å²) in [7, 11) is 0. The molecule has 1 aromatic carbocycles. The first-order valence-electron chi connectivity index (χ1n) is 7.56. The fraction of sp³-hybridized carbons (Fsp3) is 0.625. The molecule has 0 amide bonds. The molecule has 0 aliphatic carbocycles. The number of fused-ring (bicyclic) bond motifs is 1. The summed E-state index contributed by atoms with van der Waals surface area (Å²) in [6, 6.07) is 8.16. The summed E-state index contributed by atoms with van der Waals surface area (Å²) in [6.07, 6.45) is -1.39. The van der Waals surface area contributed by atoms with Crippen molar-refractivity contribution in [1.29, 1.82) is 0 Å². The van der Waals surface area contributed by atoms with Crippen LogP contribution in [0.5, 0.6) is 5.75 Å². The molecule has 0 aromatic heterocycles. The van der Waals surface area contributed by atoms with Gasteiger partial charge < -0.3 is 10.1 Å². The van der Waals surface area contributed by atoms with Crippen LogP contribution >= 0.6 is 0 Å². The molecule has 1 aromatic rings. The molecule has 2 aliphatic heterocycles. The van der Waals surface area contributed by atoms with Crippen LogP contribution in [-0.2, 0) is 0 Å². The third-order valence-corrected chi connectivity index (χ3v) is 4.63. The number of benzene rings is 1. The third-order valence-electron chi connectivity index (χ3n) is 4.63. The molecule has 1 saturated heterocycles. The van der Waals surface area contributed by atoms with E-state index in [0.717, 1.165) is 18.6 Å². The number of para-hydroxylation sites is 1. The van der Waals surface area contributed by atoms with Gasteiger partial charge in [0.15, 0.2) is 0 Å². The van der Waals surface area contributed by atoms with Gasteiger partial charge in [0.25, 0.3) is 0 Å². The first-order chi connectivity index (χ1) is 10.0. The minimum absolute atomic E-state index is 0.0546. The van der Waals surface area contributed by atoms with E-state index >= 15 is 0 Å². The summed E-state index contributed by atoms with van der Waals surface area (Å²) in [5.74, 6) is 0.128. The van der Waals surface area contributed by atoms with Crippen molar-refractivity contribution in [2.45, 2.75) is 43.8 Å². The Morgan fingerprint density at radius 1 is 1.14 bits per heavy atom. The lowest BCUT2D eigenvalue weighted by molar-refractivity contribution is -0.179. The highest BCUT2D eigenvalue weighted by atomic mass is 19.4. The molecular formula is C16H20F3NO. The second-order valence-electron chi connectivity index (χ2n) is 6.03. The first-order valence-corrected chi connectivity index (χ1v) is 7.56. The molecule has 2 aliphatic rings. The number of nitrogens with one attached hydrogen (secondary N) is 1. The average molecular weight is 299 g/mol. The smallest absolute Gasteiger partial charge is 0.393 e. The Hall–Kier alpha value is -1.23. The van der Waals surface area contributed by atoms with E-state index in [0.29, 0.717) is 18.9 Å². The van der Waals surface area contributed by atoms with Crippen LogP contribution in [0.2, 0.25) is 0 Å². The molecular weight excluding hydrogens is 279 g/mol. The van der Waals surface area contributed by atoms with Crippen molar-refractivity contribution in [2.24, 2.45) is 5.92 Å². The van der Waals surface area contributed by atoms with Crippen LogP contribution in [0.4, 0.5) is 13.2 Å². The van der Waals surface area contributed by atoms with Crippen molar-refractivity contribution in [3.8, 4) is 5.75 Å². The van der Waals surface area contributed by atoms with Crippen LogP contribution in [0, 0.1) is 5.92 Å². The monoisotopic (exact) mass is 299 g/mol. The van der Waals surface area contributed by atoms with Crippen molar-refractivity contribution in [3.63, 3.8) is 0 Å². The Balaban J connectivity index is 1.59. The zero-order valence-corrected chi connectivity index (χ0v) is 11.8. The number of rotatable bonds is 2.